The Morgan fingerprint density at radius 3 is 2.57 bits per heavy atom. The summed E-state index contributed by atoms with van der Waals surface area (Å²) in [5.41, 5.74) is 5.16. The fourth-order valence-electron chi connectivity index (χ4n) is 3.58. The first kappa shape index (κ1) is 15.6. The first-order valence-electron chi connectivity index (χ1n) is 7.29. The van der Waals surface area contributed by atoms with Crippen LogP contribution >= 0.6 is 0 Å². The molecular weight excluding hydrogens is 306 g/mol. The summed E-state index contributed by atoms with van der Waals surface area (Å²) in [6, 6.07) is 1.28. The number of hydrogen-bond acceptors (Lipinski definition) is 4. The molecule has 2 aliphatic rings. The van der Waals surface area contributed by atoms with Crippen molar-refractivity contribution in [1.29, 1.82) is 0 Å². The molecule has 124 valence electrons. The Bertz CT molecular complexity index is 702. The Kier molecular flexibility index (Phi) is 3.31. The van der Waals surface area contributed by atoms with E-state index in [1.807, 2.05) is 13.8 Å². The van der Waals surface area contributed by atoms with E-state index < -0.39 is 17.9 Å². The van der Waals surface area contributed by atoms with Crippen molar-refractivity contribution in [3.05, 3.63) is 29.7 Å². The molecule has 1 amide bonds. The first-order chi connectivity index (χ1) is 10.6. The number of Topliss-reactive ketones (excluding diaryl/α,β-unsaturated/α-hetero) is 1. The van der Waals surface area contributed by atoms with E-state index in [0.717, 1.165) is 6.20 Å². The molecule has 1 aromatic rings. The van der Waals surface area contributed by atoms with Crippen molar-refractivity contribution >= 4 is 11.7 Å². The van der Waals surface area contributed by atoms with Gasteiger partial charge in [-0.1, -0.05) is 13.8 Å². The van der Waals surface area contributed by atoms with Gasteiger partial charge in [0.15, 0.2) is 11.5 Å². The quantitative estimate of drug-likeness (QED) is 0.895. The second kappa shape index (κ2) is 4.87. The highest BCUT2D eigenvalue weighted by molar-refractivity contribution is 6.00. The largest absolute Gasteiger partial charge is 0.396 e. The molecule has 1 aliphatic heterocycles. The summed E-state index contributed by atoms with van der Waals surface area (Å²) in [4.78, 5) is 25.8. The van der Waals surface area contributed by atoms with Crippen LogP contribution in [-0.4, -0.2) is 39.5 Å². The molecule has 23 heavy (non-hydrogen) atoms. The summed E-state index contributed by atoms with van der Waals surface area (Å²) < 4.78 is 25.5. The van der Waals surface area contributed by atoms with Gasteiger partial charge in [0.25, 0.3) is 5.91 Å². The number of carbonyl (C=O) groups is 2. The van der Waals surface area contributed by atoms with Crippen molar-refractivity contribution in [2.24, 2.45) is 16.6 Å². The molecule has 0 radical (unpaired) electrons. The number of ketones is 1. The molecule has 0 atom stereocenters. The number of aromatic nitrogens is 2. The zero-order valence-electron chi connectivity index (χ0n) is 12.9. The van der Waals surface area contributed by atoms with Crippen molar-refractivity contribution in [2.45, 2.75) is 26.8 Å². The third-order valence-electron chi connectivity index (χ3n) is 4.46. The van der Waals surface area contributed by atoms with Crippen molar-refractivity contribution in [1.82, 2.24) is 14.7 Å². The van der Waals surface area contributed by atoms with Crippen molar-refractivity contribution < 1.29 is 18.4 Å². The summed E-state index contributed by atoms with van der Waals surface area (Å²) in [7, 11) is 0. The van der Waals surface area contributed by atoms with Crippen LogP contribution in [0.5, 0.6) is 0 Å². The van der Waals surface area contributed by atoms with Gasteiger partial charge in [-0.15, -0.1) is 0 Å². The fourth-order valence-corrected chi connectivity index (χ4v) is 3.58. The van der Waals surface area contributed by atoms with E-state index in [1.54, 1.807) is 6.08 Å². The van der Waals surface area contributed by atoms with Crippen LogP contribution in [0.25, 0.3) is 0 Å². The number of likely N-dealkylation sites (tertiary alicyclic amines) is 1. The lowest BCUT2D eigenvalue weighted by Gasteiger charge is -2.53. The molecule has 6 nitrogen and oxygen atoms in total. The van der Waals surface area contributed by atoms with Crippen LogP contribution in [0, 0.1) is 10.8 Å². The van der Waals surface area contributed by atoms with Crippen LogP contribution < -0.4 is 5.73 Å². The molecule has 0 saturated carbocycles. The average Bonchev–Trinajstić information content (AvgIpc) is 2.90. The molecular formula is C15H18F2N4O2. The second-order valence-corrected chi connectivity index (χ2v) is 6.97. The number of alkyl halides is 2. The zero-order valence-corrected chi connectivity index (χ0v) is 12.9. The lowest BCUT2D eigenvalue weighted by atomic mass is 9.62. The number of allylic oxidation sites excluding steroid dienone is 1. The summed E-state index contributed by atoms with van der Waals surface area (Å²) >= 11 is 0. The molecule has 1 saturated heterocycles. The Balaban J connectivity index is 1.73. The van der Waals surface area contributed by atoms with Crippen LogP contribution in [0.4, 0.5) is 8.78 Å². The summed E-state index contributed by atoms with van der Waals surface area (Å²) in [6.45, 7) is 1.72. The molecule has 2 heterocycles. The maximum atomic E-state index is 12.5. The minimum absolute atomic E-state index is 0.0109. The van der Waals surface area contributed by atoms with Gasteiger partial charge >= 0.3 is 6.55 Å². The summed E-state index contributed by atoms with van der Waals surface area (Å²) in [5.74, 6) is -0.472. The predicted octanol–water partition coefficient (Wildman–Crippen LogP) is 1.56. The Morgan fingerprint density at radius 2 is 2.04 bits per heavy atom. The van der Waals surface area contributed by atoms with Crippen LogP contribution in [0.1, 0.15) is 37.3 Å². The SMILES string of the molecule is CC1(C)CC2(C=C(N)C1=O)CN(C(=O)c1ccn(C(F)F)n1)C2. The normalized spacial score (nSPS) is 22.2. The third-order valence-corrected chi connectivity index (χ3v) is 4.46. The number of hydrogen-bond donors (Lipinski definition) is 1. The third kappa shape index (κ3) is 2.51. The molecule has 2 N–H and O–H groups in total. The fraction of sp³-hybridized carbons (Fsp3) is 0.533. The van der Waals surface area contributed by atoms with E-state index in [2.05, 4.69) is 5.10 Å². The lowest BCUT2D eigenvalue weighted by molar-refractivity contribution is -0.127. The lowest BCUT2D eigenvalue weighted by Crippen LogP contribution is -2.61. The van der Waals surface area contributed by atoms with Gasteiger partial charge in [0.2, 0.25) is 0 Å². The van der Waals surface area contributed by atoms with Crippen LogP contribution in [0.3, 0.4) is 0 Å². The molecule has 1 spiro atoms. The second-order valence-electron chi connectivity index (χ2n) is 6.97. The van der Waals surface area contributed by atoms with Gasteiger partial charge in [-0.2, -0.15) is 13.9 Å². The van der Waals surface area contributed by atoms with Crippen LogP contribution in [0.15, 0.2) is 24.0 Å². The minimum Gasteiger partial charge on any atom is -0.396 e. The van der Waals surface area contributed by atoms with Gasteiger partial charge in [-0.25, -0.2) is 4.68 Å². The summed E-state index contributed by atoms with van der Waals surface area (Å²) in [5, 5.41) is 3.58. The zero-order chi connectivity index (χ0) is 17.0. The van der Waals surface area contributed by atoms with E-state index in [-0.39, 0.29) is 22.6 Å². The minimum atomic E-state index is -2.77. The molecule has 1 aliphatic carbocycles. The van der Waals surface area contributed by atoms with Gasteiger partial charge in [-0.05, 0) is 18.6 Å². The van der Waals surface area contributed by atoms with Gasteiger partial charge in [-0.3, -0.25) is 9.59 Å². The van der Waals surface area contributed by atoms with Gasteiger partial charge < -0.3 is 10.6 Å². The number of nitrogens with two attached hydrogens (primary N) is 1. The van der Waals surface area contributed by atoms with Gasteiger partial charge in [0, 0.05) is 30.1 Å². The Morgan fingerprint density at radius 1 is 1.39 bits per heavy atom. The summed E-state index contributed by atoms with van der Waals surface area (Å²) in [6.07, 6.45) is 3.42. The topological polar surface area (TPSA) is 81.2 Å². The Labute approximate surface area is 131 Å². The van der Waals surface area contributed by atoms with E-state index in [1.165, 1.54) is 11.0 Å². The number of nitrogens with zero attached hydrogens (tertiary/aromatic N) is 3. The van der Waals surface area contributed by atoms with Gasteiger partial charge in [0.05, 0.1) is 5.70 Å². The van der Waals surface area contributed by atoms with Crippen LogP contribution in [-0.2, 0) is 4.79 Å². The van der Waals surface area contributed by atoms with Gasteiger partial charge in [0.1, 0.15) is 0 Å². The van der Waals surface area contributed by atoms with Crippen LogP contribution in [0.2, 0.25) is 0 Å². The number of carbonyl (C=O) groups excluding carboxylic acids is 2. The van der Waals surface area contributed by atoms with E-state index in [9.17, 15) is 18.4 Å². The van der Waals surface area contributed by atoms with Crippen molar-refractivity contribution in [2.75, 3.05) is 13.1 Å². The van der Waals surface area contributed by atoms with E-state index >= 15 is 0 Å². The standard InChI is InChI=1S/C15H18F2N4O2/c1-14(2)6-15(5-9(18)11(14)22)7-20(8-15)12(23)10-3-4-21(19-10)13(16)17/h3-5,13H,6-8,18H2,1-2H3. The maximum absolute atomic E-state index is 12.5. The highest BCUT2D eigenvalue weighted by atomic mass is 19.3. The molecule has 0 unspecified atom stereocenters. The molecule has 3 rings (SSSR count). The molecule has 8 heteroatoms. The maximum Gasteiger partial charge on any atom is 0.333 e. The molecule has 0 bridgehead atoms. The van der Waals surface area contributed by atoms with E-state index in [4.69, 9.17) is 5.73 Å². The predicted molar refractivity (Wildman–Crippen MR) is 77.5 cm³/mol. The molecule has 0 aromatic carbocycles. The first-order valence-corrected chi connectivity index (χ1v) is 7.29. The highest BCUT2D eigenvalue weighted by Gasteiger charge is 2.52. The molecule has 1 fully saturated rings. The van der Waals surface area contributed by atoms with Crippen molar-refractivity contribution in [3.63, 3.8) is 0 Å². The monoisotopic (exact) mass is 324 g/mol. The number of halogens is 2. The highest BCUT2D eigenvalue weighted by Crippen LogP contribution is 2.47. The molecule has 1 aromatic heterocycles. The number of rotatable bonds is 2. The van der Waals surface area contributed by atoms with Crippen molar-refractivity contribution in [3.8, 4) is 0 Å². The Hall–Kier alpha value is -2.25. The smallest absolute Gasteiger partial charge is 0.333 e. The number of amides is 1. The average molecular weight is 324 g/mol. The van der Waals surface area contributed by atoms with E-state index in [0.29, 0.717) is 24.2 Å².